The minimum absolute atomic E-state index is 0.172. The molecule has 1 fully saturated rings. The van der Waals surface area contributed by atoms with Gasteiger partial charge in [0.15, 0.2) is 0 Å². The first-order chi connectivity index (χ1) is 18.0. The second-order valence-electron chi connectivity index (χ2n) is 10.5. The maximum atomic E-state index is 12.3. The molecule has 1 heterocycles. The van der Waals surface area contributed by atoms with Crippen molar-refractivity contribution in [2.24, 2.45) is 5.16 Å². The number of benzene rings is 3. The molecule has 0 bridgehead atoms. The van der Waals surface area contributed by atoms with Crippen molar-refractivity contribution in [3.8, 4) is 5.75 Å². The Bertz CT molecular complexity index is 1350. The van der Waals surface area contributed by atoms with Gasteiger partial charge in [-0.3, -0.25) is 4.79 Å². The quantitative estimate of drug-likeness (QED) is 0.172. The Morgan fingerprint density at radius 2 is 1.87 bits per heavy atom. The van der Waals surface area contributed by atoms with E-state index in [1.54, 1.807) is 41.3 Å². The third-order valence-electron chi connectivity index (χ3n) is 6.47. The molecule has 4 N–H and O–H groups in total. The monoisotopic (exact) mass is 519 g/mol. The Labute approximate surface area is 221 Å². The first-order valence-electron chi connectivity index (χ1n) is 12.5. The molecule has 4 rings (SSSR count). The minimum Gasteiger partial charge on any atom is -0.489 e. The molecule has 0 radical (unpaired) electrons. The highest BCUT2D eigenvalue weighted by Crippen LogP contribution is 2.30. The van der Waals surface area contributed by atoms with Crippen molar-refractivity contribution in [1.82, 2.24) is 4.90 Å². The van der Waals surface area contributed by atoms with Crippen LogP contribution in [0.1, 0.15) is 49.8 Å². The largest absolute Gasteiger partial charge is 0.489 e. The van der Waals surface area contributed by atoms with Gasteiger partial charge in [0.1, 0.15) is 17.5 Å². The highest BCUT2D eigenvalue weighted by atomic mass is 16.6. The molecule has 0 aliphatic carbocycles. The van der Waals surface area contributed by atoms with Crippen molar-refractivity contribution in [3.05, 3.63) is 71.3 Å². The number of likely N-dealkylation sites (tertiary alicyclic amines) is 1. The summed E-state index contributed by atoms with van der Waals surface area (Å²) in [7, 11) is 0. The molecule has 3 aromatic rings. The van der Waals surface area contributed by atoms with Crippen LogP contribution in [0.5, 0.6) is 5.75 Å². The van der Waals surface area contributed by atoms with E-state index >= 15 is 0 Å². The van der Waals surface area contributed by atoms with Gasteiger partial charge in [-0.25, -0.2) is 4.79 Å². The van der Waals surface area contributed by atoms with Crippen molar-refractivity contribution in [2.45, 2.75) is 51.2 Å². The lowest BCUT2D eigenvalue weighted by Gasteiger charge is -2.24. The second kappa shape index (κ2) is 11.0. The Morgan fingerprint density at radius 3 is 2.53 bits per heavy atom. The Kier molecular flexibility index (Phi) is 7.75. The summed E-state index contributed by atoms with van der Waals surface area (Å²) in [4.78, 5) is 26.2. The maximum absolute atomic E-state index is 12.3. The van der Waals surface area contributed by atoms with E-state index in [1.165, 1.54) is 6.21 Å². The van der Waals surface area contributed by atoms with Gasteiger partial charge in [0.25, 0.3) is 0 Å². The van der Waals surface area contributed by atoms with Crippen molar-refractivity contribution in [3.63, 3.8) is 0 Å². The molecule has 1 saturated heterocycles. The number of nitrogens with two attached hydrogens (primary N) is 1. The van der Waals surface area contributed by atoms with Crippen LogP contribution < -0.4 is 10.5 Å². The molecule has 0 unspecified atom stereocenters. The summed E-state index contributed by atoms with van der Waals surface area (Å²) in [5.74, 6) is -1.20. The molecule has 0 aromatic heterocycles. The van der Waals surface area contributed by atoms with Gasteiger partial charge >= 0.3 is 12.1 Å². The summed E-state index contributed by atoms with van der Waals surface area (Å²) in [5, 5.41) is 24.2. The molecule has 9 heteroatoms. The van der Waals surface area contributed by atoms with Gasteiger partial charge in [-0.2, -0.15) is 0 Å². The van der Waals surface area contributed by atoms with E-state index in [4.69, 9.17) is 15.2 Å². The van der Waals surface area contributed by atoms with Crippen LogP contribution in [0, 0.1) is 0 Å². The van der Waals surface area contributed by atoms with Crippen LogP contribution in [0.4, 0.5) is 10.5 Å². The predicted molar refractivity (Wildman–Crippen MR) is 145 cm³/mol. The average Bonchev–Trinajstić information content (AvgIpc) is 3.32. The minimum atomic E-state index is -0.970. The fraction of sp³-hybridized carbons (Fsp3) is 0.345. The van der Waals surface area contributed by atoms with E-state index in [0.29, 0.717) is 42.1 Å². The van der Waals surface area contributed by atoms with Crippen LogP contribution in [0.2, 0.25) is 0 Å². The summed E-state index contributed by atoms with van der Waals surface area (Å²) in [6.07, 6.45) is 1.66. The summed E-state index contributed by atoms with van der Waals surface area (Å²) in [6, 6.07) is 16.2. The SMILES string of the molecule is CC(C)(C)OC(=O)N1CC[C@H](Oc2ccc([C@H](Cc3ccc4ccc(N)cc4c3C=NO)C(=O)O)cc2)C1. The highest BCUT2D eigenvalue weighted by molar-refractivity contribution is 6.02. The van der Waals surface area contributed by atoms with Crippen LogP contribution in [-0.4, -0.2) is 58.3 Å². The van der Waals surface area contributed by atoms with E-state index in [0.717, 1.165) is 16.3 Å². The molecule has 3 aromatic carbocycles. The number of anilines is 1. The van der Waals surface area contributed by atoms with Gasteiger partial charge < -0.3 is 30.4 Å². The van der Waals surface area contributed by atoms with Gasteiger partial charge in [0.2, 0.25) is 0 Å². The third kappa shape index (κ3) is 6.34. The van der Waals surface area contributed by atoms with Gasteiger partial charge in [0, 0.05) is 24.2 Å². The fourth-order valence-corrected chi connectivity index (χ4v) is 4.65. The summed E-state index contributed by atoms with van der Waals surface area (Å²) < 4.78 is 11.5. The van der Waals surface area contributed by atoms with Gasteiger partial charge in [-0.15, -0.1) is 0 Å². The fourth-order valence-electron chi connectivity index (χ4n) is 4.65. The lowest BCUT2D eigenvalue weighted by Crippen LogP contribution is -2.36. The Balaban J connectivity index is 1.48. The smallest absolute Gasteiger partial charge is 0.410 e. The van der Waals surface area contributed by atoms with Crippen LogP contribution in [0.3, 0.4) is 0 Å². The van der Waals surface area contributed by atoms with E-state index in [-0.39, 0.29) is 18.6 Å². The lowest BCUT2D eigenvalue weighted by molar-refractivity contribution is -0.138. The van der Waals surface area contributed by atoms with Crippen LogP contribution >= 0.6 is 0 Å². The lowest BCUT2D eigenvalue weighted by atomic mass is 9.88. The van der Waals surface area contributed by atoms with E-state index in [1.807, 2.05) is 39.0 Å². The Morgan fingerprint density at radius 1 is 1.16 bits per heavy atom. The molecule has 1 amide bonds. The first kappa shape index (κ1) is 26.8. The summed E-state index contributed by atoms with van der Waals surface area (Å²) in [5.41, 5.74) is 7.93. The number of hydrogen-bond acceptors (Lipinski definition) is 7. The number of oxime groups is 1. The van der Waals surface area contributed by atoms with Gasteiger partial charge in [-0.1, -0.05) is 35.5 Å². The van der Waals surface area contributed by atoms with Gasteiger partial charge in [-0.05, 0) is 73.4 Å². The molecule has 2 atom stereocenters. The van der Waals surface area contributed by atoms with Crippen LogP contribution in [0.25, 0.3) is 10.8 Å². The van der Waals surface area contributed by atoms with Gasteiger partial charge in [0.05, 0.1) is 18.7 Å². The number of carbonyl (C=O) groups is 2. The molecule has 38 heavy (non-hydrogen) atoms. The number of nitrogens with zero attached hydrogens (tertiary/aromatic N) is 2. The number of hydrogen-bond donors (Lipinski definition) is 3. The third-order valence-corrected chi connectivity index (χ3v) is 6.47. The predicted octanol–water partition coefficient (Wildman–Crippen LogP) is 5.03. The first-order valence-corrected chi connectivity index (χ1v) is 12.5. The zero-order valence-corrected chi connectivity index (χ0v) is 21.8. The molecular formula is C29H33N3O6. The molecule has 9 nitrogen and oxygen atoms in total. The number of carbonyl (C=O) groups excluding carboxylic acids is 1. The number of fused-ring (bicyclic) bond motifs is 1. The topological polar surface area (TPSA) is 135 Å². The Hall–Kier alpha value is -4.27. The number of nitrogen functional groups attached to an aromatic ring is 1. The zero-order chi connectivity index (χ0) is 27.4. The number of amides is 1. The molecule has 1 aliphatic heterocycles. The summed E-state index contributed by atoms with van der Waals surface area (Å²) >= 11 is 0. The number of aliphatic carboxylic acids is 1. The zero-order valence-electron chi connectivity index (χ0n) is 21.8. The van der Waals surface area contributed by atoms with Crippen molar-refractivity contribution in [2.75, 3.05) is 18.8 Å². The molecule has 200 valence electrons. The standard InChI is InChI=1S/C29H33N3O6/c1-29(2,3)38-28(35)32-13-12-23(17-32)37-22-10-7-19(8-11-22)25(27(33)34)14-20-5-4-18-6-9-21(30)15-24(18)26(20)16-31-36/h4-11,15-16,23,25,36H,12-14,17,30H2,1-3H3,(H,33,34)/t23-,25-/m0/s1. The van der Waals surface area contributed by atoms with Crippen molar-refractivity contribution in [1.29, 1.82) is 0 Å². The number of carboxylic acids is 1. The normalized spacial score (nSPS) is 16.6. The van der Waals surface area contributed by atoms with Crippen LogP contribution in [0.15, 0.2) is 59.8 Å². The van der Waals surface area contributed by atoms with Crippen molar-refractivity contribution >= 4 is 34.7 Å². The molecule has 0 spiro atoms. The summed E-state index contributed by atoms with van der Waals surface area (Å²) in [6.45, 7) is 6.47. The van der Waals surface area contributed by atoms with Crippen molar-refractivity contribution < 1.29 is 29.4 Å². The highest BCUT2D eigenvalue weighted by Gasteiger charge is 2.31. The number of carboxylic acid groups (broad SMARTS) is 1. The van der Waals surface area contributed by atoms with E-state index in [2.05, 4.69) is 5.16 Å². The molecule has 0 saturated carbocycles. The van der Waals surface area contributed by atoms with E-state index in [9.17, 15) is 19.9 Å². The van der Waals surface area contributed by atoms with E-state index < -0.39 is 17.5 Å². The van der Waals surface area contributed by atoms with Crippen LogP contribution in [-0.2, 0) is 16.0 Å². The maximum Gasteiger partial charge on any atom is 0.410 e. The number of rotatable bonds is 7. The molecular weight excluding hydrogens is 486 g/mol. The second-order valence-corrected chi connectivity index (χ2v) is 10.5. The number of ether oxygens (including phenoxy) is 2. The molecule has 1 aliphatic rings. The average molecular weight is 520 g/mol.